The summed E-state index contributed by atoms with van der Waals surface area (Å²) < 4.78 is 0. The number of aryl methyl sites for hydroxylation is 6. The van der Waals surface area contributed by atoms with Crippen molar-refractivity contribution < 1.29 is 15.3 Å². The van der Waals surface area contributed by atoms with E-state index in [2.05, 4.69) is 119 Å². The van der Waals surface area contributed by atoms with Crippen LogP contribution in [0.3, 0.4) is 0 Å². The maximum absolute atomic E-state index is 11.9. The Labute approximate surface area is 367 Å². The van der Waals surface area contributed by atoms with Crippen molar-refractivity contribution in [2.45, 2.75) is 216 Å². The molecule has 60 heavy (non-hydrogen) atoms. The zero-order valence-corrected chi connectivity index (χ0v) is 40.3. The first-order valence-corrected chi connectivity index (χ1v) is 24.6. The predicted octanol–water partition coefficient (Wildman–Crippen LogP) is 17.2. The van der Waals surface area contributed by atoms with Crippen LogP contribution in [0, 0.1) is 0 Å². The minimum Gasteiger partial charge on any atom is -0.507 e. The highest BCUT2D eigenvalue weighted by Crippen LogP contribution is 2.54. The van der Waals surface area contributed by atoms with Gasteiger partial charge in [0, 0.05) is 0 Å². The molecule has 0 aliphatic rings. The van der Waals surface area contributed by atoms with Crippen molar-refractivity contribution in [3.8, 4) is 50.6 Å². The van der Waals surface area contributed by atoms with Crippen LogP contribution in [-0.4, -0.2) is 15.3 Å². The van der Waals surface area contributed by atoms with Gasteiger partial charge in [-0.3, -0.25) is 0 Å². The average Bonchev–Trinajstić information content (AvgIpc) is 3.22. The van der Waals surface area contributed by atoms with E-state index in [9.17, 15) is 15.3 Å². The monoisotopic (exact) mass is 817 g/mol. The Kier molecular flexibility index (Phi) is 19.2. The van der Waals surface area contributed by atoms with Gasteiger partial charge in [-0.1, -0.05) is 122 Å². The Morgan fingerprint density at radius 2 is 0.483 bits per heavy atom. The highest BCUT2D eigenvalue weighted by molar-refractivity contribution is 5.94. The van der Waals surface area contributed by atoms with Crippen LogP contribution < -0.4 is 0 Å². The van der Waals surface area contributed by atoms with E-state index >= 15 is 0 Å². The van der Waals surface area contributed by atoms with Crippen molar-refractivity contribution in [1.82, 2.24) is 0 Å². The quantitative estimate of drug-likeness (QED) is 0.0660. The van der Waals surface area contributed by atoms with Crippen molar-refractivity contribution in [2.75, 3.05) is 0 Å². The number of phenolic OH excluding ortho intramolecular Hbond substituents is 3. The number of rotatable bonds is 24. The van der Waals surface area contributed by atoms with Crippen molar-refractivity contribution >= 4 is 0 Å². The van der Waals surface area contributed by atoms with E-state index in [0.29, 0.717) is 17.2 Å². The molecule has 0 amide bonds. The molecule has 3 nitrogen and oxygen atoms in total. The average molecular weight is 817 g/mol. The Hall–Kier alpha value is -3.72. The minimum absolute atomic E-state index is 0.193. The van der Waals surface area contributed by atoms with E-state index in [-0.39, 0.29) is 17.8 Å². The maximum atomic E-state index is 11.9. The van der Waals surface area contributed by atoms with Gasteiger partial charge in [-0.25, -0.2) is 0 Å². The molecular formula is C57H84O3. The van der Waals surface area contributed by atoms with E-state index in [1.165, 1.54) is 50.1 Å². The predicted molar refractivity (Wildman–Crippen MR) is 262 cm³/mol. The van der Waals surface area contributed by atoms with E-state index < -0.39 is 0 Å². The van der Waals surface area contributed by atoms with Gasteiger partial charge >= 0.3 is 0 Å². The van der Waals surface area contributed by atoms with Gasteiger partial charge in [-0.05, 0) is 215 Å². The fourth-order valence-corrected chi connectivity index (χ4v) is 9.54. The van der Waals surface area contributed by atoms with Gasteiger partial charge in [0.15, 0.2) is 0 Å². The lowest BCUT2D eigenvalue weighted by molar-refractivity contribution is 0.458. The highest BCUT2D eigenvalue weighted by Gasteiger charge is 2.32. The molecule has 0 aliphatic carbocycles. The minimum atomic E-state index is 0.193. The SMILES string of the molecule is CCCCc1cc(-c2c(C(C)C)c(-c3cc(CCCC)c(O)c(CCCC)c3)c(C(C)C)c(-c3cc(CCCC)c(O)c(CCCC)c3)c2C(C)C)cc(CCCC)c1O. The first-order valence-electron chi connectivity index (χ1n) is 24.6. The molecule has 4 aromatic carbocycles. The van der Waals surface area contributed by atoms with Crippen molar-refractivity contribution in [2.24, 2.45) is 0 Å². The number of benzene rings is 4. The lowest BCUT2D eigenvalue weighted by atomic mass is 9.71. The molecule has 4 aromatic rings. The summed E-state index contributed by atoms with van der Waals surface area (Å²) >= 11 is 0. The number of aromatic hydroxyl groups is 3. The van der Waals surface area contributed by atoms with Gasteiger partial charge in [0.1, 0.15) is 17.2 Å². The molecule has 0 bridgehead atoms. The van der Waals surface area contributed by atoms with Crippen LogP contribution in [0.15, 0.2) is 36.4 Å². The zero-order valence-electron chi connectivity index (χ0n) is 40.3. The van der Waals surface area contributed by atoms with Crippen LogP contribution in [0.2, 0.25) is 0 Å². The smallest absolute Gasteiger partial charge is 0.121 e. The molecule has 0 aromatic heterocycles. The van der Waals surface area contributed by atoms with Crippen molar-refractivity contribution in [3.63, 3.8) is 0 Å². The van der Waals surface area contributed by atoms with Gasteiger partial charge in [0.25, 0.3) is 0 Å². The third kappa shape index (κ3) is 11.4. The summed E-state index contributed by atoms with van der Waals surface area (Å²) in [7, 11) is 0. The van der Waals surface area contributed by atoms with E-state index in [0.717, 1.165) is 149 Å². The molecule has 0 radical (unpaired) electrons. The number of phenols is 3. The summed E-state index contributed by atoms with van der Waals surface area (Å²) in [5, 5.41) is 35.6. The third-order valence-corrected chi connectivity index (χ3v) is 12.8. The number of hydrogen-bond donors (Lipinski definition) is 3. The van der Waals surface area contributed by atoms with E-state index in [1.807, 2.05) is 0 Å². The second-order valence-electron chi connectivity index (χ2n) is 18.9. The van der Waals surface area contributed by atoms with Crippen LogP contribution in [0.25, 0.3) is 33.4 Å². The molecule has 4 rings (SSSR count). The molecule has 330 valence electrons. The van der Waals surface area contributed by atoms with Crippen molar-refractivity contribution in [1.29, 1.82) is 0 Å². The lowest BCUT2D eigenvalue weighted by Gasteiger charge is -2.33. The molecule has 3 N–H and O–H groups in total. The summed E-state index contributed by atoms with van der Waals surface area (Å²) in [6, 6.07) is 14.0. The van der Waals surface area contributed by atoms with Crippen LogP contribution in [0.5, 0.6) is 17.2 Å². The summed E-state index contributed by atoms with van der Waals surface area (Å²) in [4.78, 5) is 0. The van der Waals surface area contributed by atoms with Gasteiger partial charge < -0.3 is 15.3 Å². The Balaban J connectivity index is 2.41. The topological polar surface area (TPSA) is 60.7 Å². The van der Waals surface area contributed by atoms with Crippen LogP contribution in [-0.2, 0) is 38.5 Å². The largest absolute Gasteiger partial charge is 0.507 e. The molecule has 0 spiro atoms. The second-order valence-corrected chi connectivity index (χ2v) is 18.9. The van der Waals surface area contributed by atoms with Crippen LogP contribution in [0.4, 0.5) is 0 Å². The first kappa shape index (κ1) is 48.9. The Bertz CT molecular complexity index is 1660. The van der Waals surface area contributed by atoms with E-state index in [4.69, 9.17) is 0 Å². The van der Waals surface area contributed by atoms with Gasteiger partial charge in [-0.2, -0.15) is 0 Å². The molecule has 0 heterocycles. The first-order chi connectivity index (χ1) is 28.8. The lowest BCUT2D eigenvalue weighted by Crippen LogP contribution is -2.12. The molecule has 0 atom stereocenters. The fourth-order valence-electron chi connectivity index (χ4n) is 9.54. The molecule has 0 unspecified atom stereocenters. The second kappa shape index (κ2) is 23.5. The zero-order chi connectivity index (χ0) is 44.1. The normalized spacial score (nSPS) is 11.8. The molecule has 0 fully saturated rings. The molecule has 0 saturated heterocycles. The van der Waals surface area contributed by atoms with Crippen LogP contribution >= 0.6 is 0 Å². The summed E-state index contributed by atoms with van der Waals surface area (Å²) in [5.41, 5.74) is 18.0. The van der Waals surface area contributed by atoms with Gasteiger partial charge in [0.05, 0.1) is 0 Å². The van der Waals surface area contributed by atoms with E-state index in [1.54, 1.807) is 0 Å². The fraction of sp³-hybridized carbons (Fsp3) is 0.579. The van der Waals surface area contributed by atoms with Crippen LogP contribution in [0.1, 0.15) is 228 Å². The highest BCUT2D eigenvalue weighted by atomic mass is 16.3. The van der Waals surface area contributed by atoms with Gasteiger partial charge in [0.2, 0.25) is 0 Å². The maximum Gasteiger partial charge on any atom is 0.121 e. The Morgan fingerprint density at radius 1 is 0.317 bits per heavy atom. The molecular weight excluding hydrogens is 733 g/mol. The van der Waals surface area contributed by atoms with Gasteiger partial charge in [-0.15, -0.1) is 0 Å². The summed E-state index contributed by atoms with van der Waals surface area (Å²) in [5.74, 6) is 2.03. The number of hydrogen-bond acceptors (Lipinski definition) is 3. The Morgan fingerprint density at radius 3 is 0.617 bits per heavy atom. The number of unbranched alkanes of at least 4 members (excludes halogenated alkanes) is 6. The molecule has 0 saturated carbocycles. The standard InChI is InChI=1S/C57H84O3/c1-13-19-25-40-31-46(32-41(55(40)58)26-20-14-2)52-49(37(7)8)53(47-33-42(27-21-15-3)56(59)43(34-47)28-22-16-4)51(39(11)12)54(50(52)38(9)10)48-35-44(29-23-17-5)57(60)45(36-48)30-24-18-6/h31-39,58-60H,13-30H2,1-12H3. The summed E-state index contributed by atoms with van der Waals surface area (Å²) in [6.45, 7) is 27.6. The van der Waals surface area contributed by atoms with Crippen molar-refractivity contribution in [3.05, 3.63) is 86.5 Å². The molecule has 0 aliphatic heterocycles. The summed E-state index contributed by atoms with van der Waals surface area (Å²) in [6.07, 6.45) is 17.7. The third-order valence-electron chi connectivity index (χ3n) is 12.8. The molecule has 3 heteroatoms.